The Morgan fingerprint density at radius 3 is 2.71 bits per heavy atom. The fourth-order valence-corrected chi connectivity index (χ4v) is 3.02. The maximum atomic E-state index is 12.7. The zero-order chi connectivity index (χ0) is 16.7. The number of allylic oxidation sites excluding steroid dienone is 1. The van der Waals surface area contributed by atoms with E-state index in [0.29, 0.717) is 28.7 Å². The number of benzene rings is 1. The Labute approximate surface area is 136 Å². The van der Waals surface area contributed by atoms with Crippen LogP contribution in [0, 0.1) is 0 Å². The molecule has 1 aromatic carbocycles. The zero-order valence-electron chi connectivity index (χ0n) is 12.7. The molecule has 118 valence electrons. The van der Waals surface area contributed by atoms with E-state index in [2.05, 4.69) is 4.98 Å². The van der Waals surface area contributed by atoms with Crippen molar-refractivity contribution < 1.29 is 14.3 Å². The number of hydrogen-bond acceptors (Lipinski definition) is 4. The lowest BCUT2D eigenvalue weighted by Crippen LogP contribution is -2.09. The fourth-order valence-electron chi connectivity index (χ4n) is 3.02. The molecule has 1 aliphatic carbocycles. The Balaban J connectivity index is 1.90. The smallest absolute Gasteiger partial charge is 0.335 e. The molecule has 0 aliphatic heterocycles. The molecule has 1 aliphatic rings. The Kier molecular flexibility index (Phi) is 3.27. The molecule has 0 spiro atoms. The Morgan fingerprint density at radius 1 is 1.17 bits per heavy atom. The van der Waals surface area contributed by atoms with E-state index in [0.717, 1.165) is 17.6 Å². The van der Waals surface area contributed by atoms with Crippen LogP contribution in [-0.2, 0) is 6.42 Å². The van der Waals surface area contributed by atoms with Gasteiger partial charge in [-0.05, 0) is 60.4 Å². The molecule has 3 aromatic rings. The van der Waals surface area contributed by atoms with Gasteiger partial charge in [-0.3, -0.25) is 9.78 Å². The molecule has 0 bridgehead atoms. The van der Waals surface area contributed by atoms with Crippen LogP contribution in [-0.4, -0.2) is 16.1 Å². The lowest BCUT2D eigenvalue weighted by Gasteiger charge is -2.05. The van der Waals surface area contributed by atoms with E-state index in [-0.39, 0.29) is 11.0 Å². The van der Waals surface area contributed by atoms with Gasteiger partial charge in [-0.15, -0.1) is 0 Å². The van der Waals surface area contributed by atoms with E-state index in [1.807, 2.05) is 18.2 Å². The normalized spacial score (nSPS) is 14.9. The summed E-state index contributed by atoms with van der Waals surface area (Å²) in [7, 11) is 0. The predicted octanol–water partition coefficient (Wildman–Crippen LogP) is 3.37. The van der Waals surface area contributed by atoms with Crippen molar-refractivity contribution in [1.82, 2.24) is 4.98 Å². The van der Waals surface area contributed by atoms with Crippen molar-refractivity contribution in [3.63, 3.8) is 0 Å². The lowest BCUT2D eigenvalue weighted by atomic mass is 10.1. The maximum absolute atomic E-state index is 12.7. The van der Waals surface area contributed by atoms with E-state index in [1.54, 1.807) is 18.5 Å². The number of nitrogens with zero attached hydrogens (tertiary/aromatic N) is 1. The summed E-state index contributed by atoms with van der Waals surface area (Å²) in [4.78, 5) is 27.8. The third-order valence-electron chi connectivity index (χ3n) is 4.21. The second-order valence-corrected chi connectivity index (χ2v) is 5.71. The van der Waals surface area contributed by atoms with E-state index in [9.17, 15) is 9.59 Å². The fraction of sp³-hybridized carbons (Fsp3) is 0.105. The van der Waals surface area contributed by atoms with E-state index in [4.69, 9.17) is 9.52 Å². The van der Waals surface area contributed by atoms with Crippen molar-refractivity contribution in [2.45, 2.75) is 12.8 Å². The highest BCUT2D eigenvalue weighted by atomic mass is 16.4. The molecule has 2 aromatic heterocycles. The van der Waals surface area contributed by atoms with Gasteiger partial charge in [0.15, 0.2) is 5.43 Å². The Bertz CT molecular complexity index is 1050. The minimum Gasteiger partial charge on any atom is -0.478 e. The lowest BCUT2D eigenvalue weighted by molar-refractivity contribution is 0.0697. The zero-order valence-corrected chi connectivity index (χ0v) is 12.7. The highest BCUT2D eigenvalue weighted by Gasteiger charge is 2.24. The third-order valence-corrected chi connectivity index (χ3v) is 4.21. The van der Waals surface area contributed by atoms with Crippen LogP contribution in [0.3, 0.4) is 0 Å². The number of pyridine rings is 1. The standard InChI is InChI=1S/C19H13NO4/c21-17-14-3-1-12(9-11-5-7-20-8-6-11)18(14)24-16-4-2-13(19(22)23)10-15(16)17/h2,4-10H,1,3H2,(H,22,23). The molecule has 1 N–H and O–H groups in total. The number of fused-ring (bicyclic) bond motifs is 2. The van der Waals surface area contributed by atoms with Gasteiger partial charge in [-0.25, -0.2) is 4.79 Å². The number of aromatic nitrogens is 1. The second kappa shape index (κ2) is 5.45. The summed E-state index contributed by atoms with van der Waals surface area (Å²) in [5, 5.41) is 9.41. The Morgan fingerprint density at radius 2 is 1.96 bits per heavy atom. The van der Waals surface area contributed by atoms with Crippen LogP contribution >= 0.6 is 0 Å². The highest BCUT2D eigenvalue weighted by molar-refractivity contribution is 5.94. The van der Waals surface area contributed by atoms with Crippen LogP contribution in [0.15, 0.2) is 51.9 Å². The van der Waals surface area contributed by atoms with Crippen LogP contribution in [0.2, 0.25) is 0 Å². The number of aromatic carboxylic acids is 1. The molecular formula is C19H13NO4. The van der Waals surface area contributed by atoms with Gasteiger partial charge >= 0.3 is 5.97 Å². The maximum Gasteiger partial charge on any atom is 0.335 e. The van der Waals surface area contributed by atoms with E-state index in [1.165, 1.54) is 12.1 Å². The SMILES string of the molecule is O=C(O)c1ccc2oc3c(c(=O)c2c1)CCC3=Cc1ccncc1. The van der Waals surface area contributed by atoms with Gasteiger partial charge < -0.3 is 9.52 Å². The molecule has 4 rings (SSSR count). The molecule has 5 heteroatoms. The number of hydrogen-bond donors (Lipinski definition) is 1. The Hall–Kier alpha value is -3.21. The van der Waals surface area contributed by atoms with Gasteiger partial charge in [0.05, 0.1) is 10.9 Å². The topological polar surface area (TPSA) is 80.4 Å². The van der Waals surface area contributed by atoms with Crippen molar-refractivity contribution in [2.24, 2.45) is 0 Å². The van der Waals surface area contributed by atoms with Crippen LogP contribution < -0.4 is 5.43 Å². The molecule has 0 fully saturated rings. The second-order valence-electron chi connectivity index (χ2n) is 5.71. The van der Waals surface area contributed by atoms with Gasteiger partial charge in [-0.1, -0.05) is 0 Å². The molecule has 0 saturated heterocycles. The number of carbonyl (C=O) groups is 1. The first kappa shape index (κ1) is 14.4. The first-order valence-corrected chi connectivity index (χ1v) is 7.57. The van der Waals surface area contributed by atoms with Crippen molar-refractivity contribution >= 4 is 28.6 Å². The van der Waals surface area contributed by atoms with E-state index >= 15 is 0 Å². The van der Waals surface area contributed by atoms with Crippen molar-refractivity contribution in [3.05, 3.63) is 75.4 Å². The minimum absolute atomic E-state index is 0.0836. The summed E-state index contributed by atoms with van der Waals surface area (Å²) in [6, 6.07) is 8.16. The first-order valence-electron chi connectivity index (χ1n) is 7.57. The van der Waals surface area contributed by atoms with Gasteiger partial charge in [0.1, 0.15) is 11.3 Å². The van der Waals surface area contributed by atoms with Crippen molar-refractivity contribution in [1.29, 1.82) is 0 Å². The van der Waals surface area contributed by atoms with Gasteiger partial charge in [-0.2, -0.15) is 0 Å². The largest absolute Gasteiger partial charge is 0.478 e. The average molecular weight is 319 g/mol. The quantitative estimate of drug-likeness (QED) is 0.783. The van der Waals surface area contributed by atoms with Gasteiger partial charge in [0.25, 0.3) is 0 Å². The molecule has 5 nitrogen and oxygen atoms in total. The summed E-state index contributed by atoms with van der Waals surface area (Å²) in [6.07, 6.45) is 6.74. The monoisotopic (exact) mass is 319 g/mol. The molecule has 0 amide bonds. The summed E-state index contributed by atoms with van der Waals surface area (Å²) >= 11 is 0. The molecule has 24 heavy (non-hydrogen) atoms. The third kappa shape index (κ3) is 2.31. The summed E-state index contributed by atoms with van der Waals surface area (Å²) < 4.78 is 5.93. The number of carboxylic acid groups (broad SMARTS) is 1. The van der Waals surface area contributed by atoms with Crippen molar-refractivity contribution in [3.8, 4) is 0 Å². The van der Waals surface area contributed by atoms with Crippen molar-refractivity contribution in [2.75, 3.05) is 0 Å². The molecule has 0 radical (unpaired) electrons. The van der Waals surface area contributed by atoms with Crippen LogP contribution in [0.1, 0.15) is 33.7 Å². The molecule has 2 heterocycles. The van der Waals surface area contributed by atoms with Crippen LogP contribution in [0.4, 0.5) is 0 Å². The molecular weight excluding hydrogens is 306 g/mol. The number of rotatable bonds is 2. The summed E-state index contributed by atoms with van der Waals surface area (Å²) in [6.45, 7) is 0. The average Bonchev–Trinajstić information content (AvgIpc) is 2.99. The van der Waals surface area contributed by atoms with Gasteiger partial charge in [0, 0.05) is 18.0 Å². The number of carboxylic acids is 1. The van der Waals surface area contributed by atoms with Crippen LogP contribution in [0.5, 0.6) is 0 Å². The summed E-state index contributed by atoms with van der Waals surface area (Å²) in [5.74, 6) is -0.456. The molecule has 0 unspecified atom stereocenters. The highest BCUT2D eigenvalue weighted by Crippen LogP contribution is 2.34. The van der Waals surface area contributed by atoms with E-state index < -0.39 is 5.97 Å². The predicted molar refractivity (Wildman–Crippen MR) is 89.9 cm³/mol. The van der Waals surface area contributed by atoms with Gasteiger partial charge in [0.2, 0.25) is 0 Å². The summed E-state index contributed by atoms with van der Waals surface area (Å²) in [5.41, 5.74) is 2.93. The first-order chi connectivity index (χ1) is 11.6. The molecule has 0 atom stereocenters. The minimum atomic E-state index is -1.06. The molecule has 0 saturated carbocycles. The van der Waals surface area contributed by atoms with Crippen LogP contribution in [0.25, 0.3) is 22.6 Å².